The van der Waals surface area contributed by atoms with Gasteiger partial charge in [-0.15, -0.1) is 0 Å². The SMILES string of the molecule is Cc1cc(CCCSC#N)ccc1Br. The first-order valence-corrected chi connectivity index (χ1v) is 6.28. The lowest BCUT2D eigenvalue weighted by molar-refractivity contribution is 0.932. The van der Waals surface area contributed by atoms with Crippen LogP contribution in [-0.2, 0) is 6.42 Å². The van der Waals surface area contributed by atoms with Crippen LogP contribution in [0.15, 0.2) is 22.7 Å². The average molecular weight is 270 g/mol. The van der Waals surface area contributed by atoms with Gasteiger partial charge in [0.2, 0.25) is 0 Å². The first kappa shape index (κ1) is 11.6. The van der Waals surface area contributed by atoms with Crippen molar-refractivity contribution in [3.05, 3.63) is 33.8 Å². The van der Waals surface area contributed by atoms with Gasteiger partial charge in [0.15, 0.2) is 0 Å². The monoisotopic (exact) mass is 269 g/mol. The Morgan fingerprint density at radius 1 is 1.50 bits per heavy atom. The van der Waals surface area contributed by atoms with Crippen molar-refractivity contribution in [3.63, 3.8) is 0 Å². The molecule has 1 aromatic carbocycles. The zero-order chi connectivity index (χ0) is 10.4. The summed E-state index contributed by atoms with van der Waals surface area (Å²) in [6.45, 7) is 2.09. The lowest BCUT2D eigenvalue weighted by atomic mass is 10.1. The Labute approximate surface area is 97.6 Å². The van der Waals surface area contributed by atoms with Crippen LogP contribution in [0.2, 0.25) is 0 Å². The van der Waals surface area contributed by atoms with Crippen LogP contribution in [0.1, 0.15) is 17.5 Å². The van der Waals surface area contributed by atoms with Crippen molar-refractivity contribution in [2.45, 2.75) is 19.8 Å². The van der Waals surface area contributed by atoms with Crippen molar-refractivity contribution in [1.82, 2.24) is 0 Å². The van der Waals surface area contributed by atoms with Gasteiger partial charge in [-0.1, -0.05) is 28.1 Å². The van der Waals surface area contributed by atoms with Crippen LogP contribution in [0.3, 0.4) is 0 Å². The number of rotatable bonds is 4. The van der Waals surface area contributed by atoms with Crippen LogP contribution in [0.4, 0.5) is 0 Å². The van der Waals surface area contributed by atoms with E-state index in [0.717, 1.165) is 23.1 Å². The molecule has 0 fully saturated rings. The van der Waals surface area contributed by atoms with Gasteiger partial charge in [-0.25, -0.2) is 0 Å². The molecule has 14 heavy (non-hydrogen) atoms. The first-order valence-electron chi connectivity index (χ1n) is 4.50. The van der Waals surface area contributed by atoms with Crippen molar-refractivity contribution >= 4 is 27.7 Å². The van der Waals surface area contributed by atoms with Crippen molar-refractivity contribution in [2.75, 3.05) is 5.75 Å². The minimum atomic E-state index is 0.922. The van der Waals surface area contributed by atoms with E-state index in [4.69, 9.17) is 5.26 Å². The maximum atomic E-state index is 8.35. The normalized spacial score (nSPS) is 9.79. The van der Waals surface area contributed by atoms with Gasteiger partial charge in [-0.3, -0.25) is 0 Å². The van der Waals surface area contributed by atoms with Gasteiger partial charge in [0.05, 0.1) is 0 Å². The van der Waals surface area contributed by atoms with E-state index in [1.54, 1.807) is 0 Å². The van der Waals surface area contributed by atoms with E-state index in [9.17, 15) is 0 Å². The molecular formula is C11H12BrNS. The van der Waals surface area contributed by atoms with Crippen LogP contribution in [0.25, 0.3) is 0 Å². The van der Waals surface area contributed by atoms with E-state index >= 15 is 0 Å². The van der Waals surface area contributed by atoms with E-state index in [-0.39, 0.29) is 0 Å². The number of hydrogen-bond donors (Lipinski definition) is 0. The Bertz CT molecular complexity index is 344. The van der Waals surface area contributed by atoms with Gasteiger partial charge in [-0.05, 0) is 48.7 Å². The fourth-order valence-electron chi connectivity index (χ4n) is 1.26. The van der Waals surface area contributed by atoms with Gasteiger partial charge < -0.3 is 0 Å². The fraction of sp³-hybridized carbons (Fsp3) is 0.364. The van der Waals surface area contributed by atoms with Gasteiger partial charge in [0.1, 0.15) is 5.40 Å². The first-order chi connectivity index (χ1) is 6.74. The summed E-state index contributed by atoms with van der Waals surface area (Å²) >= 11 is 4.81. The largest absolute Gasteiger partial charge is 0.185 e. The maximum Gasteiger partial charge on any atom is 0.133 e. The fourth-order valence-corrected chi connectivity index (χ4v) is 1.88. The van der Waals surface area contributed by atoms with Crippen LogP contribution < -0.4 is 0 Å². The van der Waals surface area contributed by atoms with Crippen LogP contribution in [0.5, 0.6) is 0 Å². The van der Waals surface area contributed by atoms with Crippen molar-refractivity contribution < 1.29 is 0 Å². The third kappa shape index (κ3) is 3.73. The summed E-state index contributed by atoms with van der Waals surface area (Å²) < 4.78 is 1.16. The minimum Gasteiger partial charge on any atom is -0.185 e. The second-order valence-corrected chi connectivity index (χ2v) is 4.86. The number of aryl methyl sites for hydroxylation is 2. The molecule has 0 spiro atoms. The molecule has 1 nitrogen and oxygen atoms in total. The molecule has 0 saturated carbocycles. The molecule has 0 unspecified atom stereocenters. The highest BCUT2D eigenvalue weighted by atomic mass is 79.9. The van der Waals surface area contributed by atoms with Crippen molar-refractivity contribution in [1.29, 1.82) is 5.26 Å². The number of benzene rings is 1. The van der Waals surface area contributed by atoms with E-state index in [1.807, 2.05) is 0 Å². The molecular weight excluding hydrogens is 258 g/mol. The molecule has 0 N–H and O–H groups in total. The molecule has 0 aromatic heterocycles. The number of thiocyanates is 1. The average Bonchev–Trinajstić information content (AvgIpc) is 2.18. The Morgan fingerprint density at radius 3 is 2.93 bits per heavy atom. The van der Waals surface area contributed by atoms with Crippen molar-refractivity contribution in [3.8, 4) is 5.40 Å². The number of nitriles is 1. The molecule has 1 rings (SSSR count). The lowest BCUT2D eigenvalue weighted by Crippen LogP contribution is -1.88. The molecule has 74 valence electrons. The summed E-state index contributed by atoms with van der Waals surface area (Å²) in [5.74, 6) is 0.922. The number of thioether (sulfide) groups is 1. The molecule has 0 amide bonds. The molecule has 0 aliphatic heterocycles. The van der Waals surface area contributed by atoms with Gasteiger partial charge in [0.25, 0.3) is 0 Å². The maximum absolute atomic E-state index is 8.35. The molecule has 0 aliphatic rings. The highest BCUT2D eigenvalue weighted by Gasteiger charge is 1.97. The highest BCUT2D eigenvalue weighted by Crippen LogP contribution is 2.18. The minimum absolute atomic E-state index is 0.922. The smallest absolute Gasteiger partial charge is 0.133 e. The molecule has 0 bridgehead atoms. The third-order valence-electron chi connectivity index (χ3n) is 2.00. The predicted molar refractivity (Wildman–Crippen MR) is 65.3 cm³/mol. The molecule has 0 atom stereocenters. The Kier molecular flexibility index (Phi) is 5.06. The molecule has 1 aromatic rings. The summed E-state index contributed by atoms with van der Waals surface area (Å²) in [4.78, 5) is 0. The standard InChI is InChI=1S/C11H12BrNS/c1-9-7-10(4-5-11(9)12)3-2-6-14-8-13/h4-5,7H,2-3,6H2,1H3. The third-order valence-corrected chi connectivity index (χ3v) is 3.51. The molecule has 0 saturated heterocycles. The highest BCUT2D eigenvalue weighted by molar-refractivity contribution is 9.10. The quantitative estimate of drug-likeness (QED) is 0.612. The molecule has 3 heteroatoms. The predicted octanol–water partition coefficient (Wildman–Crippen LogP) is 3.90. The second-order valence-electron chi connectivity index (χ2n) is 3.13. The summed E-state index contributed by atoms with van der Waals surface area (Å²) in [5.41, 5.74) is 2.62. The zero-order valence-electron chi connectivity index (χ0n) is 8.09. The van der Waals surface area contributed by atoms with Crippen LogP contribution in [0, 0.1) is 17.6 Å². The Morgan fingerprint density at radius 2 is 2.29 bits per heavy atom. The van der Waals surface area contributed by atoms with Crippen molar-refractivity contribution in [2.24, 2.45) is 0 Å². The number of hydrogen-bond acceptors (Lipinski definition) is 2. The zero-order valence-corrected chi connectivity index (χ0v) is 10.5. The van der Waals surface area contributed by atoms with Crippen LogP contribution >= 0.6 is 27.7 Å². The number of halogens is 1. The Hall–Kier alpha value is -0.460. The topological polar surface area (TPSA) is 23.8 Å². The molecule has 0 heterocycles. The van der Waals surface area contributed by atoms with Gasteiger partial charge >= 0.3 is 0 Å². The summed E-state index contributed by atoms with van der Waals surface area (Å²) in [7, 11) is 0. The van der Waals surface area contributed by atoms with Gasteiger partial charge in [0, 0.05) is 10.2 Å². The van der Waals surface area contributed by atoms with E-state index in [2.05, 4.69) is 46.5 Å². The second kappa shape index (κ2) is 6.10. The summed E-state index contributed by atoms with van der Waals surface area (Å²) in [5, 5.41) is 10.4. The molecule has 0 radical (unpaired) electrons. The van der Waals surface area contributed by atoms with E-state index in [0.29, 0.717) is 0 Å². The van der Waals surface area contributed by atoms with Gasteiger partial charge in [-0.2, -0.15) is 5.26 Å². The summed E-state index contributed by atoms with van der Waals surface area (Å²) in [6.07, 6.45) is 2.13. The molecule has 0 aliphatic carbocycles. The lowest BCUT2D eigenvalue weighted by Gasteiger charge is -2.03. The van der Waals surface area contributed by atoms with Crippen LogP contribution in [-0.4, -0.2) is 5.75 Å². The van der Waals surface area contributed by atoms with E-state index in [1.165, 1.54) is 22.9 Å². The Balaban J connectivity index is 2.44. The number of nitrogens with zero attached hydrogens (tertiary/aromatic N) is 1. The summed E-state index contributed by atoms with van der Waals surface area (Å²) in [6, 6.07) is 6.41. The van der Waals surface area contributed by atoms with E-state index < -0.39 is 0 Å².